The van der Waals surface area contributed by atoms with Crippen LogP contribution in [0.15, 0.2) is 24.5 Å². The molecule has 94 valence electrons. The Hall–Kier alpha value is -1.95. The van der Waals surface area contributed by atoms with E-state index in [4.69, 9.17) is 4.74 Å². The number of pyridine rings is 1. The van der Waals surface area contributed by atoms with Crippen molar-refractivity contribution in [1.82, 2.24) is 9.97 Å². The Bertz CT molecular complexity index is 537. The van der Waals surface area contributed by atoms with Crippen molar-refractivity contribution < 1.29 is 9.53 Å². The summed E-state index contributed by atoms with van der Waals surface area (Å²) in [6.45, 7) is 4.11. The molecule has 2 heterocycles. The maximum absolute atomic E-state index is 11.4. The first-order valence-corrected chi connectivity index (χ1v) is 6.33. The number of aromatic nitrogens is 2. The Labute approximate surface area is 109 Å². The van der Waals surface area contributed by atoms with E-state index in [1.807, 2.05) is 6.92 Å². The summed E-state index contributed by atoms with van der Waals surface area (Å²) in [6.07, 6.45) is 3.28. The number of esters is 1. The standard InChI is InChI=1S/C12H13N3O2S/c1-3-17-11(16)9-4-5-10(13-7-9)15-12-14-6-8(2)18-12/h4-7H,3H2,1-2H3,(H,13,14,15). The van der Waals surface area contributed by atoms with Crippen LogP contribution in [0.4, 0.5) is 10.9 Å². The summed E-state index contributed by atoms with van der Waals surface area (Å²) in [7, 11) is 0. The van der Waals surface area contributed by atoms with E-state index in [0.717, 1.165) is 10.0 Å². The van der Waals surface area contributed by atoms with E-state index in [0.29, 0.717) is 18.0 Å². The van der Waals surface area contributed by atoms with Crippen LogP contribution in [0.3, 0.4) is 0 Å². The van der Waals surface area contributed by atoms with Gasteiger partial charge in [0.1, 0.15) is 5.82 Å². The first kappa shape index (κ1) is 12.5. The molecule has 0 spiro atoms. The van der Waals surface area contributed by atoms with Crippen molar-refractivity contribution >= 4 is 28.3 Å². The molecular weight excluding hydrogens is 250 g/mol. The van der Waals surface area contributed by atoms with Crippen LogP contribution in [0.2, 0.25) is 0 Å². The van der Waals surface area contributed by atoms with E-state index in [1.54, 1.807) is 36.6 Å². The number of nitrogens with zero attached hydrogens (tertiary/aromatic N) is 2. The molecule has 0 aliphatic carbocycles. The number of ether oxygens (including phenoxy) is 1. The minimum atomic E-state index is -0.360. The molecule has 0 bridgehead atoms. The van der Waals surface area contributed by atoms with Gasteiger partial charge in [0.05, 0.1) is 12.2 Å². The number of rotatable bonds is 4. The van der Waals surface area contributed by atoms with Crippen molar-refractivity contribution in [3.8, 4) is 0 Å². The predicted molar refractivity (Wildman–Crippen MR) is 70.3 cm³/mol. The molecule has 2 aromatic heterocycles. The average Bonchev–Trinajstić information content (AvgIpc) is 2.76. The molecule has 0 saturated heterocycles. The van der Waals surface area contributed by atoms with E-state index in [9.17, 15) is 4.79 Å². The summed E-state index contributed by atoms with van der Waals surface area (Å²) in [6, 6.07) is 3.40. The van der Waals surface area contributed by atoms with Gasteiger partial charge in [-0.15, -0.1) is 11.3 Å². The van der Waals surface area contributed by atoms with Gasteiger partial charge in [-0.25, -0.2) is 14.8 Å². The average molecular weight is 263 g/mol. The number of hydrogen-bond donors (Lipinski definition) is 1. The number of thiazole rings is 1. The topological polar surface area (TPSA) is 64.1 Å². The first-order chi connectivity index (χ1) is 8.69. The van der Waals surface area contributed by atoms with E-state index in [1.165, 1.54) is 6.20 Å². The van der Waals surface area contributed by atoms with Gasteiger partial charge in [0.25, 0.3) is 0 Å². The molecule has 2 rings (SSSR count). The zero-order valence-corrected chi connectivity index (χ0v) is 11.0. The molecule has 0 atom stereocenters. The quantitative estimate of drug-likeness (QED) is 0.859. The molecule has 0 radical (unpaired) electrons. The Morgan fingerprint density at radius 3 is 2.78 bits per heavy atom. The zero-order valence-electron chi connectivity index (χ0n) is 10.1. The number of nitrogens with one attached hydrogen (secondary N) is 1. The Kier molecular flexibility index (Phi) is 3.88. The fourth-order valence-corrected chi connectivity index (χ4v) is 2.00. The maximum Gasteiger partial charge on any atom is 0.339 e. The van der Waals surface area contributed by atoms with Gasteiger partial charge in [-0.2, -0.15) is 0 Å². The van der Waals surface area contributed by atoms with E-state index in [-0.39, 0.29) is 5.97 Å². The maximum atomic E-state index is 11.4. The Balaban J connectivity index is 2.05. The number of aryl methyl sites for hydroxylation is 1. The summed E-state index contributed by atoms with van der Waals surface area (Å²) < 4.78 is 4.88. The SMILES string of the molecule is CCOC(=O)c1ccc(Nc2ncc(C)s2)nc1. The van der Waals surface area contributed by atoms with Gasteiger partial charge in [-0.1, -0.05) is 0 Å². The van der Waals surface area contributed by atoms with Crippen molar-refractivity contribution in [3.63, 3.8) is 0 Å². The van der Waals surface area contributed by atoms with Crippen molar-refractivity contribution in [2.24, 2.45) is 0 Å². The van der Waals surface area contributed by atoms with Crippen LogP contribution in [-0.2, 0) is 4.74 Å². The van der Waals surface area contributed by atoms with Gasteiger partial charge in [0, 0.05) is 17.3 Å². The molecular formula is C12H13N3O2S. The minimum Gasteiger partial charge on any atom is -0.462 e. The van der Waals surface area contributed by atoms with Crippen LogP contribution < -0.4 is 5.32 Å². The number of carbonyl (C=O) groups excluding carboxylic acids is 1. The first-order valence-electron chi connectivity index (χ1n) is 5.51. The van der Waals surface area contributed by atoms with E-state index < -0.39 is 0 Å². The molecule has 0 aliphatic heterocycles. The summed E-state index contributed by atoms with van der Waals surface area (Å²) >= 11 is 1.55. The van der Waals surface area contributed by atoms with E-state index >= 15 is 0 Å². The van der Waals surface area contributed by atoms with Gasteiger partial charge in [0.2, 0.25) is 0 Å². The highest BCUT2D eigenvalue weighted by Gasteiger charge is 2.07. The Morgan fingerprint density at radius 2 is 2.22 bits per heavy atom. The monoisotopic (exact) mass is 263 g/mol. The predicted octanol–water partition coefficient (Wildman–Crippen LogP) is 2.77. The second kappa shape index (κ2) is 5.59. The van der Waals surface area contributed by atoms with Gasteiger partial charge < -0.3 is 10.1 Å². The second-order valence-electron chi connectivity index (χ2n) is 3.55. The number of anilines is 2. The molecule has 2 aromatic rings. The second-order valence-corrected chi connectivity index (χ2v) is 4.79. The largest absolute Gasteiger partial charge is 0.462 e. The lowest BCUT2D eigenvalue weighted by molar-refractivity contribution is 0.0526. The van der Waals surface area contributed by atoms with Gasteiger partial charge in [-0.05, 0) is 26.0 Å². The third-order valence-electron chi connectivity index (χ3n) is 2.13. The number of hydrogen-bond acceptors (Lipinski definition) is 6. The highest BCUT2D eigenvalue weighted by Crippen LogP contribution is 2.20. The fourth-order valence-electron chi connectivity index (χ4n) is 1.33. The molecule has 0 saturated carbocycles. The smallest absolute Gasteiger partial charge is 0.339 e. The van der Waals surface area contributed by atoms with E-state index in [2.05, 4.69) is 15.3 Å². The molecule has 0 amide bonds. The fraction of sp³-hybridized carbons (Fsp3) is 0.250. The lowest BCUT2D eigenvalue weighted by Gasteiger charge is -2.03. The lowest BCUT2D eigenvalue weighted by atomic mass is 10.3. The van der Waals surface area contributed by atoms with Crippen LogP contribution in [-0.4, -0.2) is 22.5 Å². The summed E-state index contributed by atoms with van der Waals surface area (Å²) in [5, 5.41) is 3.85. The molecule has 0 aliphatic rings. The number of carbonyl (C=O) groups is 1. The van der Waals surface area contributed by atoms with Crippen LogP contribution in [0.1, 0.15) is 22.2 Å². The molecule has 18 heavy (non-hydrogen) atoms. The lowest BCUT2D eigenvalue weighted by Crippen LogP contribution is -2.05. The van der Waals surface area contributed by atoms with Crippen molar-refractivity contribution in [2.75, 3.05) is 11.9 Å². The van der Waals surface area contributed by atoms with Crippen molar-refractivity contribution in [1.29, 1.82) is 0 Å². The van der Waals surface area contributed by atoms with Crippen molar-refractivity contribution in [2.45, 2.75) is 13.8 Å². The molecule has 6 heteroatoms. The van der Waals surface area contributed by atoms with Crippen molar-refractivity contribution in [3.05, 3.63) is 35.0 Å². The van der Waals surface area contributed by atoms with Crippen LogP contribution in [0.5, 0.6) is 0 Å². The van der Waals surface area contributed by atoms with Gasteiger partial charge >= 0.3 is 5.97 Å². The zero-order chi connectivity index (χ0) is 13.0. The molecule has 0 fully saturated rings. The molecule has 0 unspecified atom stereocenters. The third kappa shape index (κ3) is 3.04. The summed E-state index contributed by atoms with van der Waals surface area (Å²) in [5.74, 6) is 0.291. The Morgan fingerprint density at radius 1 is 1.39 bits per heavy atom. The summed E-state index contributed by atoms with van der Waals surface area (Å²) in [4.78, 5) is 20.9. The highest BCUT2D eigenvalue weighted by atomic mass is 32.1. The van der Waals surface area contributed by atoms with Crippen LogP contribution in [0, 0.1) is 6.92 Å². The third-order valence-corrected chi connectivity index (χ3v) is 2.96. The van der Waals surface area contributed by atoms with Gasteiger partial charge in [0.15, 0.2) is 5.13 Å². The minimum absolute atomic E-state index is 0.358. The summed E-state index contributed by atoms with van der Waals surface area (Å²) in [5.41, 5.74) is 0.442. The highest BCUT2D eigenvalue weighted by molar-refractivity contribution is 7.15. The normalized spacial score (nSPS) is 10.1. The molecule has 0 aromatic carbocycles. The molecule has 5 nitrogen and oxygen atoms in total. The van der Waals surface area contributed by atoms with Crippen LogP contribution >= 0.6 is 11.3 Å². The molecule has 1 N–H and O–H groups in total. The van der Waals surface area contributed by atoms with Crippen LogP contribution in [0.25, 0.3) is 0 Å². The van der Waals surface area contributed by atoms with Gasteiger partial charge in [-0.3, -0.25) is 0 Å².